The van der Waals surface area contributed by atoms with Gasteiger partial charge < -0.3 is 10.6 Å². The van der Waals surface area contributed by atoms with Gasteiger partial charge in [-0.15, -0.1) is 0 Å². The van der Waals surface area contributed by atoms with E-state index in [4.69, 9.17) is 0 Å². The quantitative estimate of drug-likeness (QED) is 0.721. The molecule has 0 saturated carbocycles. The maximum atomic E-state index is 13.3. The van der Waals surface area contributed by atoms with Crippen LogP contribution in [-0.4, -0.2) is 31.4 Å². The molecule has 0 radical (unpaired) electrons. The Kier molecular flexibility index (Phi) is 6.04. The van der Waals surface area contributed by atoms with Crippen LogP contribution in [-0.2, 0) is 14.6 Å². The van der Waals surface area contributed by atoms with Gasteiger partial charge in [-0.25, -0.2) is 17.8 Å². The number of aromatic nitrogens is 1. The van der Waals surface area contributed by atoms with Gasteiger partial charge in [0.2, 0.25) is 5.91 Å². The fourth-order valence-electron chi connectivity index (χ4n) is 2.05. The standard InChI is InChI=1S/C16H15F4N3O3S/c1-10-2-5-14(22-9-10)23-15(24)6-7-21-12-4-3-11(17)8-13(12)27(25,26)16(18,19)20/h2-5,8-9,21H,6-7H2,1H3,(H,22,23,24). The van der Waals surface area contributed by atoms with E-state index in [1.54, 1.807) is 18.3 Å². The Balaban J connectivity index is 2.06. The number of carbonyl (C=O) groups is 1. The monoisotopic (exact) mass is 405 g/mol. The van der Waals surface area contributed by atoms with E-state index in [0.29, 0.717) is 5.82 Å². The van der Waals surface area contributed by atoms with Crippen LogP contribution in [0.2, 0.25) is 0 Å². The highest BCUT2D eigenvalue weighted by molar-refractivity contribution is 7.92. The lowest BCUT2D eigenvalue weighted by atomic mass is 10.3. The molecule has 0 fully saturated rings. The van der Waals surface area contributed by atoms with Crippen molar-refractivity contribution in [1.29, 1.82) is 0 Å². The first-order valence-electron chi connectivity index (χ1n) is 7.58. The van der Waals surface area contributed by atoms with Crippen LogP contribution in [0.15, 0.2) is 41.4 Å². The van der Waals surface area contributed by atoms with Crippen molar-refractivity contribution in [2.45, 2.75) is 23.7 Å². The number of carbonyl (C=O) groups excluding carboxylic acids is 1. The first kappa shape index (κ1) is 20.6. The van der Waals surface area contributed by atoms with Crippen molar-refractivity contribution >= 4 is 27.2 Å². The summed E-state index contributed by atoms with van der Waals surface area (Å²) in [6.45, 7) is 1.64. The highest BCUT2D eigenvalue weighted by Gasteiger charge is 2.48. The number of halogens is 4. The van der Waals surface area contributed by atoms with E-state index in [2.05, 4.69) is 15.6 Å². The fraction of sp³-hybridized carbons (Fsp3) is 0.250. The maximum Gasteiger partial charge on any atom is 0.501 e. The molecule has 6 nitrogen and oxygen atoms in total. The topological polar surface area (TPSA) is 88.2 Å². The number of alkyl halides is 3. The van der Waals surface area contributed by atoms with E-state index >= 15 is 0 Å². The molecule has 0 aliphatic rings. The van der Waals surface area contributed by atoms with Gasteiger partial charge in [-0.05, 0) is 36.8 Å². The summed E-state index contributed by atoms with van der Waals surface area (Å²) in [4.78, 5) is 14.6. The van der Waals surface area contributed by atoms with Crippen LogP contribution in [0.5, 0.6) is 0 Å². The Labute approximate surface area is 152 Å². The summed E-state index contributed by atoms with van der Waals surface area (Å²) in [6, 6.07) is 5.27. The summed E-state index contributed by atoms with van der Waals surface area (Å²) in [5.41, 5.74) is -5.13. The lowest BCUT2D eigenvalue weighted by molar-refractivity contribution is -0.116. The number of nitrogens with zero attached hydrogens (tertiary/aromatic N) is 1. The van der Waals surface area contributed by atoms with Gasteiger partial charge in [0.15, 0.2) is 0 Å². The number of sulfone groups is 1. The maximum absolute atomic E-state index is 13.3. The summed E-state index contributed by atoms with van der Waals surface area (Å²) in [5.74, 6) is -1.32. The van der Waals surface area contributed by atoms with Gasteiger partial charge >= 0.3 is 5.51 Å². The average Bonchev–Trinajstić information content (AvgIpc) is 2.57. The van der Waals surface area contributed by atoms with E-state index in [0.717, 1.165) is 17.7 Å². The minimum absolute atomic E-state index is 0.177. The Bertz CT molecular complexity index is 929. The van der Waals surface area contributed by atoms with Gasteiger partial charge in [0.25, 0.3) is 9.84 Å². The molecule has 0 unspecified atom stereocenters. The zero-order valence-corrected chi connectivity index (χ0v) is 14.8. The summed E-state index contributed by atoms with van der Waals surface area (Å²) in [5, 5.41) is 4.90. The normalized spacial score (nSPS) is 11.9. The molecule has 0 aliphatic carbocycles. The first-order chi connectivity index (χ1) is 12.5. The number of hydrogen-bond acceptors (Lipinski definition) is 5. The third kappa shape index (κ3) is 5.16. The van der Waals surface area contributed by atoms with Crippen molar-refractivity contribution in [1.82, 2.24) is 4.98 Å². The van der Waals surface area contributed by atoms with E-state index in [-0.39, 0.29) is 19.0 Å². The van der Waals surface area contributed by atoms with Crippen LogP contribution in [0.3, 0.4) is 0 Å². The molecule has 11 heteroatoms. The molecule has 1 heterocycles. The number of anilines is 2. The van der Waals surface area contributed by atoms with Crippen molar-refractivity contribution in [2.75, 3.05) is 17.2 Å². The van der Waals surface area contributed by atoms with Crippen molar-refractivity contribution < 1.29 is 30.8 Å². The minimum atomic E-state index is -5.75. The average molecular weight is 405 g/mol. The summed E-state index contributed by atoms with van der Waals surface area (Å²) >= 11 is 0. The highest BCUT2D eigenvalue weighted by atomic mass is 32.2. The first-order valence-corrected chi connectivity index (χ1v) is 9.06. The summed E-state index contributed by atoms with van der Waals surface area (Å²) in [6.07, 6.45) is 1.36. The minimum Gasteiger partial charge on any atom is -0.383 e. The van der Waals surface area contributed by atoms with Gasteiger partial charge in [0, 0.05) is 19.2 Å². The molecule has 1 aromatic heterocycles. The molecule has 146 valence electrons. The molecular formula is C16H15F4N3O3S. The van der Waals surface area contributed by atoms with Crippen LogP contribution in [0.4, 0.5) is 29.1 Å². The zero-order chi connectivity index (χ0) is 20.2. The number of nitrogens with one attached hydrogen (secondary N) is 2. The largest absolute Gasteiger partial charge is 0.501 e. The lowest BCUT2D eigenvalue weighted by Crippen LogP contribution is -2.25. The van der Waals surface area contributed by atoms with E-state index in [9.17, 15) is 30.8 Å². The highest BCUT2D eigenvalue weighted by Crippen LogP contribution is 2.34. The fourth-order valence-corrected chi connectivity index (χ4v) is 2.99. The van der Waals surface area contributed by atoms with Crippen LogP contribution in [0, 0.1) is 12.7 Å². The van der Waals surface area contributed by atoms with Gasteiger partial charge in [-0.3, -0.25) is 4.79 Å². The number of hydrogen-bond donors (Lipinski definition) is 2. The predicted octanol–water partition coefficient (Wildman–Crippen LogP) is 3.26. The summed E-state index contributed by atoms with van der Waals surface area (Å²) < 4.78 is 74.6. The lowest BCUT2D eigenvalue weighted by Gasteiger charge is -2.14. The second-order valence-electron chi connectivity index (χ2n) is 5.54. The Hall–Kier alpha value is -2.69. The third-order valence-corrected chi connectivity index (χ3v) is 4.91. The summed E-state index contributed by atoms with van der Waals surface area (Å²) in [7, 11) is -5.75. The van der Waals surface area contributed by atoms with Crippen LogP contribution < -0.4 is 10.6 Å². The number of rotatable bonds is 6. The second-order valence-corrected chi connectivity index (χ2v) is 7.45. The SMILES string of the molecule is Cc1ccc(NC(=O)CCNc2ccc(F)cc2S(=O)(=O)C(F)(F)F)nc1. The molecule has 0 spiro atoms. The number of benzene rings is 1. The molecular weight excluding hydrogens is 390 g/mol. The molecule has 0 saturated heterocycles. The molecule has 2 aromatic rings. The van der Waals surface area contributed by atoms with Crippen molar-refractivity contribution in [3.05, 3.63) is 47.9 Å². The molecule has 0 atom stereocenters. The molecule has 1 aromatic carbocycles. The number of aryl methyl sites for hydroxylation is 1. The smallest absolute Gasteiger partial charge is 0.383 e. The molecule has 2 rings (SSSR count). The van der Waals surface area contributed by atoms with E-state index < -0.39 is 37.7 Å². The Morgan fingerprint density at radius 1 is 1.19 bits per heavy atom. The van der Waals surface area contributed by atoms with E-state index in [1.165, 1.54) is 0 Å². The van der Waals surface area contributed by atoms with Crippen LogP contribution in [0.25, 0.3) is 0 Å². The number of amides is 1. The molecule has 27 heavy (non-hydrogen) atoms. The Morgan fingerprint density at radius 3 is 2.48 bits per heavy atom. The van der Waals surface area contributed by atoms with Crippen molar-refractivity contribution in [3.63, 3.8) is 0 Å². The number of pyridine rings is 1. The van der Waals surface area contributed by atoms with E-state index in [1.807, 2.05) is 6.92 Å². The van der Waals surface area contributed by atoms with Crippen molar-refractivity contribution in [3.8, 4) is 0 Å². The third-order valence-electron chi connectivity index (χ3n) is 3.38. The predicted molar refractivity (Wildman–Crippen MR) is 90.4 cm³/mol. The zero-order valence-electron chi connectivity index (χ0n) is 14.0. The van der Waals surface area contributed by atoms with Gasteiger partial charge in [-0.2, -0.15) is 13.2 Å². The van der Waals surface area contributed by atoms with Gasteiger partial charge in [0.1, 0.15) is 16.5 Å². The molecule has 2 N–H and O–H groups in total. The molecule has 1 amide bonds. The van der Waals surface area contributed by atoms with Crippen LogP contribution >= 0.6 is 0 Å². The van der Waals surface area contributed by atoms with Gasteiger partial charge in [-0.1, -0.05) is 6.07 Å². The van der Waals surface area contributed by atoms with Gasteiger partial charge in [0.05, 0.1) is 5.69 Å². The second kappa shape index (κ2) is 7.91. The van der Waals surface area contributed by atoms with Crippen molar-refractivity contribution in [2.24, 2.45) is 0 Å². The van der Waals surface area contributed by atoms with Crippen LogP contribution in [0.1, 0.15) is 12.0 Å². The Morgan fingerprint density at radius 2 is 1.89 bits per heavy atom. The molecule has 0 bridgehead atoms. The molecule has 0 aliphatic heterocycles.